The van der Waals surface area contributed by atoms with E-state index in [-0.39, 0.29) is 5.82 Å². The van der Waals surface area contributed by atoms with Crippen molar-refractivity contribution in [2.45, 2.75) is 6.92 Å². The van der Waals surface area contributed by atoms with Gasteiger partial charge in [-0.05, 0) is 48.4 Å². The van der Waals surface area contributed by atoms with Crippen molar-refractivity contribution in [2.75, 3.05) is 5.73 Å². The quantitative estimate of drug-likeness (QED) is 0.747. The van der Waals surface area contributed by atoms with E-state index in [1.54, 1.807) is 31.2 Å². The van der Waals surface area contributed by atoms with Crippen molar-refractivity contribution in [1.82, 2.24) is 0 Å². The van der Waals surface area contributed by atoms with E-state index in [4.69, 9.17) is 28.9 Å². The van der Waals surface area contributed by atoms with Gasteiger partial charge < -0.3 is 5.73 Å². The van der Waals surface area contributed by atoms with Crippen LogP contribution in [0.2, 0.25) is 10.0 Å². The molecule has 0 aliphatic heterocycles. The van der Waals surface area contributed by atoms with Crippen LogP contribution in [-0.4, -0.2) is 0 Å². The zero-order chi connectivity index (χ0) is 12.6. The maximum absolute atomic E-state index is 13.8. The van der Waals surface area contributed by atoms with Crippen LogP contribution in [0.15, 0.2) is 30.3 Å². The highest BCUT2D eigenvalue weighted by Crippen LogP contribution is 2.31. The molecule has 0 atom stereocenters. The van der Waals surface area contributed by atoms with Gasteiger partial charge in [0.05, 0.1) is 0 Å². The minimum atomic E-state index is -0.338. The van der Waals surface area contributed by atoms with Crippen molar-refractivity contribution in [2.24, 2.45) is 0 Å². The van der Waals surface area contributed by atoms with Gasteiger partial charge in [0.25, 0.3) is 0 Å². The third-order valence-corrected chi connectivity index (χ3v) is 2.97. The van der Waals surface area contributed by atoms with Gasteiger partial charge in [-0.1, -0.05) is 23.2 Å². The Morgan fingerprint density at radius 2 is 1.59 bits per heavy atom. The summed E-state index contributed by atoms with van der Waals surface area (Å²) in [6, 6.07) is 7.90. The number of nitrogen functional groups attached to an aromatic ring is 1. The van der Waals surface area contributed by atoms with Crippen LogP contribution in [0.5, 0.6) is 0 Å². The first kappa shape index (κ1) is 12.2. The maximum Gasteiger partial charge on any atom is 0.131 e. The van der Waals surface area contributed by atoms with E-state index < -0.39 is 0 Å². The molecule has 0 radical (unpaired) electrons. The van der Waals surface area contributed by atoms with Gasteiger partial charge in [0, 0.05) is 21.3 Å². The van der Waals surface area contributed by atoms with Crippen molar-refractivity contribution < 1.29 is 4.39 Å². The fourth-order valence-corrected chi connectivity index (χ4v) is 2.15. The Kier molecular flexibility index (Phi) is 3.27. The summed E-state index contributed by atoms with van der Waals surface area (Å²) in [6.07, 6.45) is 0. The third-order valence-electron chi connectivity index (χ3n) is 2.53. The van der Waals surface area contributed by atoms with E-state index in [0.717, 1.165) is 0 Å². The van der Waals surface area contributed by atoms with E-state index in [1.165, 1.54) is 6.07 Å². The molecule has 2 N–H and O–H groups in total. The van der Waals surface area contributed by atoms with E-state index in [2.05, 4.69) is 0 Å². The van der Waals surface area contributed by atoms with Crippen LogP contribution >= 0.6 is 23.2 Å². The Bertz CT molecular complexity index is 562. The molecule has 0 spiro atoms. The first-order chi connectivity index (χ1) is 7.97. The highest BCUT2D eigenvalue weighted by atomic mass is 35.5. The number of benzene rings is 2. The summed E-state index contributed by atoms with van der Waals surface area (Å²) < 4.78 is 13.8. The highest BCUT2D eigenvalue weighted by molar-refractivity contribution is 6.35. The average Bonchev–Trinajstić information content (AvgIpc) is 2.22. The fraction of sp³-hybridized carbons (Fsp3) is 0.0769. The molecular formula is C13H10Cl2FN. The molecular weight excluding hydrogens is 260 g/mol. The van der Waals surface area contributed by atoms with Crippen LogP contribution in [-0.2, 0) is 0 Å². The van der Waals surface area contributed by atoms with Gasteiger partial charge in [0.2, 0.25) is 0 Å². The second kappa shape index (κ2) is 4.55. The lowest BCUT2D eigenvalue weighted by molar-refractivity contribution is 0.630. The molecule has 0 amide bonds. The second-order valence-electron chi connectivity index (χ2n) is 3.85. The van der Waals surface area contributed by atoms with Crippen LogP contribution in [0.3, 0.4) is 0 Å². The van der Waals surface area contributed by atoms with Gasteiger partial charge in [-0.15, -0.1) is 0 Å². The van der Waals surface area contributed by atoms with Crippen molar-refractivity contribution in [1.29, 1.82) is 0 Å². The summed E-state index contributed by atoms with van der Waals surface area (Å²) in [6.45, 7) is 1.76. The van der Waals surface area contributed by atoms with Gasteiger partial charge in [0.1, 0.15) is 5.82 Å². The Balaban J connectivity index is 2.64. The van der Waals surface area contributed by atoms with Crippen molar-refractivity contribution in [3.8, 4) is 11.1 Å². The van der Waals surface area contributed by atoms with E-state index in [1.807, 2.05) is 0 Å². The first-order valence-electron chi connectivity index (χ1n) is 4.99. The molecule has 0 heterocycles. The molecule has 0 fully saturated rings. The number of aryl methyl sites for hydroxylation is 1. The van der Waals surface area contributed by atoms with Crippen molar-refractivity contribution >= 4 is 28.9 Å². The Hall–Kier alpha value is -1.25. The lowest BCUT2D eigenvalue weighted by Crippen LogP contribution is -1.93. The second-order valence-corrected chi connectivity index (χ2v) is 4.72. The van der Waals surface area contributed by atoms with Crippen LogP contribution < -0.4 is 5.73 Å². The van der Waals surface area contributed by atoms with Crippen molar-refractivity contribution in [3.63, 3.8) is 0 Å². The summed E-state index contributed by atoms with van der Waals surface area (Å²) in [5, 5.41) is 0.928. The molecule has 0 bridgehead atoms. The Morgan fingerprint density at radius 3 is 2.18 bits per heavy atom. The maximum atomic E-state index is 13.8. The molecule has 2 aromatic rings. The van der Waals surface area contributed by atoms with Crippen LogP contribution in [0, 0.1) is 12.7 Å². The fourth-order valence-electron chi connectivity index (χ4n) is 1.62. The minimum absolute atomic E-state index is 0.338. The number of anilines is 1. The molecule has 88 valence electrons. The Morgan fingerprint density at radius 1 is 1.00 bits per heavy atom. The van der Waals surface area contributed by atoms with E-state index in [9.17, 15) is 4.39 Å². The van der Waals surface area contributed by atoms with Gasteiger partial charge >= 0.3 is 0 Å². The summed E-state index contributed by atoms with van der Waals surface area (Å²) in [7, 11) is 0. The molecule has 4 heteroatoms. The van der Waals surface area contributed by atoms with Gasteiger partial charge in [0.15, 0.2) is 0 Å². The average molecular weight is 270 g/mol. The van der Waals surface area contributed by atoms with Gasteiger partial charge in [-0.2, -0.15) is 0 Å². The lowest BCUT2D eigenvalue weighted by atomic mass is 10.0. The molecule has 1 nitrogen and oxygen atoms in total. The summed E-state index contributed by atoms with van der Waals surface area (Å²) in [4.78, 5) is 0. The zero-order valence-electron chi connectivity index (χ0n) is 9.10. The smallest absolute Gasteiger partial charge is 0.131 e. The Labute approximate surface area is 109 Å². The number of hydrogen-bond donors (Lipinski definition) is 1. The minimum Gasteiger partial charge on any atom is -0.398 e. The van der Waals surface area contributed by atoms with E-state index in [0.29, 0.717) is 32.4 Å². The first-order valence-corrected chi connectivity index (χ1v) is 5.75. The molecule has 2 aromatic carbocycles. The van der Waals surface area contributed by atoms with Crippen LogP contribution in [0.4, 0.5) is 10.1 Å². The number of rotatable bonds is 1. The molecule has 0 saturated carbocycles. The van der Waals surface area contributed by atoms with Gasteiger partial charge in [-0.3, -0.25) is 0 Å². The molecule has 0 saturated heterocycles. The molecule has 2 rings (SSSR count). The number of hydrogen-bond acceptors (Lipinski definition) is 1. The van der Waals surface area contributed by atoms with Crippen LogP contribution in [0.25, 0.3) is 11.1 Å². The molecule has 17 heavy (non-hydrogen) atoms. The largest absolute Gasteiger partial charge is 0.398 e. The molecule has 0 aromatic heterocycles. The topological polar surface area (TPSA) is 26.0 Å². The molecule has 0 aliphatic rings. The van der Waals surface area contributed by atoms with Crippen molar-refractivity contribution in [3.05, 3.63) is 51.8 Å². The number of halogens is 3. The summed E-state index contributed by atoms with van der Waals surface area (Å²) >= 11 is 11.8. The SMILES string of the molecule is Cc1cc(F)c(-c2cc(Cl)cc(Cl)c2)cc1N. The normalized spacial score (nSPS) is 10.6. The number of nitrogens with two attached hydrogens (primary N) is 1. The third kappa shape index (κ3) is 2.54. The monoisotopic (exact) mass is 269 g/mol. The van der Waals surface area contributed by atoms with Gasteiger partial charge in [-0.25, -0.2) is 4.39 Å². The lowest BCUT2D eigenvalue weighted by Gasteiger charge is -2.08. The zero-order valence-corrected chi connectivity index (χ0v) is 10.6. The molecule has 0 unspecified atom stereocenters. The predicted molar refractivity (Wildman–Crippen MR) is 71.0 cm³/mol. The van der Waals surface area contributed by atoms with Crippen LogP contribution in [0.1, 0.15) is 5.56 Å². The molecule has 0 aliphatic carbocycles. The van der Waals surface area contributed by atoms with E-state index >= 15 is 0 Å². The summed E-state index contributed by atoms with van der Waals surface area (Å²) in [5.41, 5.74) is 8.04. The highest BCUT2D eigenvalue weighted by Gasteiger charge is 2.09. The summed E-state index contributed by atoms with van der Waals surface area (Å²) in [5.74, 6) is -0.338. The standard InChI is InChI=1S/C13H10Cl2FN/c1-7-2-12(16)11(6-13(7)17)8-3-9(14)5-10(15)4-8/h2-6H,17H2,1H3. The predicted octanol–water partition coefficient (Wildman–Crippen LogP) is 4.69.